The van der Waals surface area contributed by atoms with Crippen LogP contribution in [0.15, 0.2) is 58.5 Å². The van der Waals surface area contributed by atoms with Gasteiger partial charge in [0.25, 0.3) is 17.4 Å². The molecule has 1 aromatic heterocycles. The van der Waals surface area contributed by atoms with E-state index in [0.717, 1.165) is 18.4 Å². The summed E-state index contributed by atoms with van der Waals surface area (Å²) >= 11 is 6.25. The summed E-state index contributed by atoms with van der Waals surface area (Å²) in [7, 11) is 0. The van der Waals surface area contributed by atoms with Crippen LogP contribution in [0.1, 0.15) is 82.3 Å². The van der Waals surface area contributed by atoms with Crippen LogP contribution in [0, 0.1) is 5.41 Å². The second-order valence-corrected chi connectivity index (χ2v) is 15.3. The number of carbonyl (C=O) groups is 5. The Balaban J connectivity index is 1.30. The first kappa shape index (κ1) is 36.7. The molecular formula is C37H42ClN7O7. The van der Waals surface area contributed by atoms with Gasteiger partial charge < -0.3 is 25.7 Å². The molecule has 6 rings (SSSR count). The zero-order valence-electron chi connectivity index (χ0n) is 29.5. The van der Waals surface area contributed by atoms with Crippen LogP contribution >= 0.6 is 11.6 Å². The molecular weight excluding hydrogens is 690 g/mol. The first-order valence-corrected chi connectivity index (χ1v) is 17.8. The molecule has 1 saturated heterocycles. The third-order valence-corrected chi connectivity index (χ3v) is 9.86. The molecule has 0 unspecified atom stereocenters. The normalized spacial score (nSPS) is 20.9. The fourth-order valence-corrected chi connectivity index (χ4v) is 6.91. The van der Waals surface area contributed by atoms with Gasteiger partial charge in [0.2, 0.25) is 17.6 Å². The van der Waals surface area contributed by atoms with E-state index >= 15 is 0 Å². The molecule has 1 saturated carbocycles. The molecule has 4 atom stereocenters. The number of rotatable bonds is 11. The second kappa shape index (κ2) is 14.5. The van der Waals surface area contributed by atoms with Crippen molar-refractivity contribution >= 4 is 57.5 Å². The average molecular weight is 732 g/mol. The summed E-state index contributed by atoms with van der Waals surface area (Å²) in [5.74, 6) is -3.42. The number of carbonyl (C=O) groups excluding carboxylic acids is 5. The predicted molar refractivity (Wildman–Crippen MR) is 193 cm³/mol. The fraction of sp³-hybridized carbons (Fsp3) is 0.459. The highest BCUT2D eigenvalue weighted by atomic mass is 35.5. The first-order valence-electron chi connectivity index (χ1n) is 17.4. The van der Waals surface area contributed by atoms with Crippen LogP contribution in [-0.4, -0.2) is 86.5 Å². The Bertz CT molecular complexity index is 2020. The van der Waals surface area contributed by atoms with Gasteiger partial charge >= 0.3 is 0 Å². The Hall–Kier alpha value is -5.11. The molecule has 0 bridgehead atoms. The highest BCUT2D eigenvalue weighted by Gasteiger charge is 2.55. The second-order valence-electron chi connectivity index (χ2n) is 14.9. The van der Waals surface area contributed by atoms with E-state index in [4.69, 9.17) is 16.4 Å². The van der Waals surface area contributed by atoms with Crippen LogP contribution in [0.25, 0.3) is 10.8 Å². The molecule has 2 aromatic carbocycles. The van der Waals surface area contributed by atoms with E-state index in [1.54, 1.807) is 63.2 Å². The van der Waals surface area contributed by atoms with Gasteiger partial charge in [0.15, 0.2) is 11.3 Å². The molecule has 3 aromatic rings. The van der Waals surface area contributed by atoms with Crippen molar-refractivity contribution in [3.05, 3.63) is 75.2 Å². The molecule has 4 N–H and O–H groups in total. The third-order valence-electron chi connectivity index (χ3n) is 9.63. The van der Waals surface area contributed by atoms with Crippen molar-refractivity contribution in [2.45, 2.75) is 96.0 Å². The molecule has 274 valence electrons. The monoisotopic (exact) mass is 731 g/mol. The van der Waals surface area contributed by atoms with Crippen molar-refractivity contribution in [2.75, 3.05) is 6.54 Å². The van der Waals surface area contributed by atoms with Gasteiger partial charge in [0.1, 0.15) is 12.1 Å². The number of H-pyrrole nitrogens is 1. The number of ketones is 1. The summed E-state index contributed by atoms with van der Waals surface area (Å²) in [6.07, 6.45) is 2.59. The van der Waals surface area contributed by atoms with Crippen molar-refractivity contribution in [3.8, 4) is 0 Å². The van der Waals surface area contributed by atoms with Crippen molar-refractivity contribution in [3.63, 3.8) is 0 Å². The minimum atomic E-state index is -1.18. The number of likely N-dealkylation sites (tertiary alicyclic amines) is 1. The number of nitrogens with one attached hydrogen (secondary N) is 4. The van der Waals surface area contributed by atoms with Crippen LogP contribution < -0.4 is 21.5 Å². The molecule has 1 aliphatic carbocycles. The lowest BCUT2D eigenvalue weighted by Gasteiger charge is -2.35. The summed E-state index contributed by atoms with van der Waals surface area (Å²) in [5.41, 5.74) is -1.20. The lowest BCUT2D eigenvalue weighted by molar-refractivity contribution is -0.144. The number of aromatic nitrogens is 2. The smallest absolute Gasteiger partial charge is 0.289 e. The van der Waals surface area contributed by atoms with Gasteiger partial charge in [-0.25, -0.2) is 5.10 Å². The molecule has 1 spiro atoms. The van der Waals surface area contributed by atoms with E-state index in [-0.39, 0.29) is 42.9 Å². The molecule has 15 heteroatoms. The summed E-state index contributed by atoms with van der Waals surface area (Å²) in [6.45, 7) is 7.10. The van der Waals surface area contributed by atoms with Gasteiger partial charge in [0.05, 0.1) is 23.7 Å². The lowest BCUT2D eigenvalue weighted by atomic mass is 9.85. The van der Waals surface area contributed by atoms with Crippen LogP contribution in [0.2, 0.25) is 5.02 Å². The number of Topliss-reactive ketones (excluding diaryl/α,β-unsaturated/α-hetero) is 1. The van der Waals surface area contributed by atoms with Crippen molar-refractivity contribution in [1.82, 2.24) is 31.0 Å². The molecule has 2 fully saturated rings. The number of hydrogen-bond acceptors (Lipinski definition) is 9. The molecule has 4 amide bonds. The maximum Gasteiger partial charge on any atom is 0.289 e. The summed E-state index contributed by atoms with van der Waals surface area (Å²) in [4.78, 5) is 88.5. The number of fused-ring (bicyclic) bond motifs is 1. The van der Waals surface area contributed by atoms with Gasteiger partial charge in [-0.1, -0.05) is 81.2 Å². The van der Waals surface area contributed by atoms with Crippen LogP contribution in [0.3, 0.4) is 0 Å². The molecule has 0 radical (unpaired) electrons. The largest absolute Gasteiger partial charge is 0.387 e. The van der Waals surface area contributed by atoms with Crippen molar-refractivity contribution in [2.24, 2.45) is 10.6 Å². The van der Waals surface area contributed by atoms with Crippen molar-refractivity contribution in [1.29, 1.82) is 0 Å². The maximum atomic E-state index is 14.7. The zero-order valence-corrected chi connectivity index (χ0v) is 30.2. The Morgan fingerprint density at radius 2 is 1.79 bits per heavy atom. The van der Waals surface area contributed by atoms with E-state index in [1.165, 1.54) is 4.90 Å². The lowest BCUT2D eigenvalue weighted by Crippen LogP contribution is -2.59. The van der Waals surface area contributed by atoms with Gasteiger partial charge in [-0.2, -0.15) is 5.10 Å². The van der Waals surface area contributed by atoms with E-state index in [1.807, 2.05) is 13.0 Å². The number of halogens is 1. The van der Waals surface area contributed by atoms with Gasteiger partial charge in [-0.05, 0) is 42.9 Å². The number of aromatic amines is 1. The Labute approximate surface area is 305 Å². The third kappa shape index (κ3) is 7.71. The zero-order chi connectivity index (χ0) is 37.4. The molecule has 3 heterocycles. The summed E-state index contributed by atoms with van der Waals surface area (Å²) < 4.78 is 0. The number of hydrogen-bond donors (Lipinski definition) is 4. The van der Waals surface area contributed by atoms with Gasteiger partial charge in [-0.15, -0.1) is 0 Å². The maximum absolute atomic E-state index is 14.7. The number of benzene rings is 2. The SMILES string of the molecule is CCC[C@H](NC(=O)[C@@H]1C[C@]2(CC(c3cccc(Cl)c3)=NO2)CN1C(=O)[C@@H](NC(=O)c1n[nH]c(=O)c2ccccc12)C(C)(C)C)C(=O)C(=O)NC1CC1. The summed E-state index contributed by atoms with van der Waals surface area (Å²) in [5, 5.41) is 20.0. The number of nitrogens with zero attached hydrogens (tertiary/aromatic N) is 3. The Morgan fingerprint density at radius 3 is 2.46 bits per heavy atom. The first-order chi connectivity index (χ1) is 24.7. The van der Waals surface area contributed by atoms with Gasteiger partial charge in [0, 0.05) is 34.9 Å². The predicted octanol–water partition coefficient (Wildman–Crippen LogP) is 3.02. The highest BCUT2D eigenvalue weighted by Crippen LogP contribution is 2.40. The minimum Gasteiger partial charge on any atom is -0.387 e. The molecule has 14 nitrogen and oxygen atoms in total. The average Bonchev–Trinajstić information content (AvgIpc) is 3.70. The van der Waals surface area contributed by atoms with Crippen LogP contribution in [0.5, 0.6) is 0 Å². The van der Waals surface area contributed by atoms with Crippen LogP contribution in [-0.2, 0) is 24.0 Å². The topological polar surface area (TPSA) is 192 Å². The molecule has 52 heavy (non-hydrogen) atoms. The Morgan fingerprint density at radius 1 is 1.06 bits per heavy atom. The standard InChI is InChI=1S/C37H42ClN7O7/c1-5-9-25(29(46)34(50)39-22-14-15-22)40-32(48)27-18-37(17-26(44-52-37)20-10-8-11-21(38)16-20)19-45(27)35(51)30(36(2,3)4)41-33(49)28-23-12-6-7-13-24(23)31(47)43-42-28/h6-8,10-13,16,22,25,27,30H,5,9,14-15,17-19H2,1-4H3,(H,39,50)(H,40,48)(H,41,49)(H,43,47)/t25-,27-,30+,37+/m0/s1. The Kier molecular flexibility index (Phi) is 10.2. The van der Waals surface area contributed by atoms with Gasteiger partial charge in [-0.3, -0.25) is 28.8 Å². The number of oxime groups is 1. The van der Waals surface area contributed by atoms with Crippen molar-refractivity contribution < 1.29 is 28.8 Å². The van der Waals surface area contributed by atoms with E-state index in [2.05, 4.69) is 31.3 Å². The van der Waals surface area contributed by atoms with Crippen LogP contribution in [0.4, 0.5) is 0 Å². The minimum absolute atomic E-state index is 0.0242. The quantitative estimate of drug-likeness (QED) is 0.216. The van der Waals surface area contributed by atoms with E-state index < -0.39 is 64.1 Å². The number of amides is 4. The molecule has 2 aliphatic heterocycles. The highest BCUT2D eigenvalue weighted by molar-refractivity contribution is 6.38. The molecule has 3 aliphatic rings. The van der Waals surface area contributed by atoms with E-state index in [0.29, 0.717) is 22.5 Å². The van der Waals surface area contributed by atoms with E-state index in [9.17, 15) is 28.8 Å². The fourth-order valence-electron chi connectivity index (χ4n) is 6.72. The summed E-state index contributed by atoms with van der Waals surface area (Å²) in [6, 6.07) is 10.1.